The molecule has 2 rings (SSSR count). The minimum Gasteiger partial charge on any atom is -0.448 e. The van der Waals surface area contributed by atoms with Crippen LogP contribution in [0.5, 0.6) is 0 Å². The van der Waals surface area contributed by atoms with Crippen LogP contribution in [0.2, 0.25) is 0 Å². The van der Waals surface area contributed by atoms with Crippen molar-refractivity contribution in [1.29, 1.82) is 5.26 Å². The number of nitrogens with zero attached hydrogens (tertiary/aromatic N) is 1. The molecule has 26 heavy (non-hydrogen) atoms. The maximum atomic E-state index is 12.2. The normalized spacial score (nSPS) is 16.4. The number of aryl methyl sites for hydroxylation is 1. The van der Waals surface area contributed by atoms with Gasteiger partial charge in [0.05, 0.1) is 0 Å². The van der Waals surface area contributed by atoms with Gasteiger partial charge in [-0.05, 0) is 44.2 Å². The summed E-state index contributed by atoms with van der Waals surface area (Å²) in [4.78, 5) is 24.3. The van der Waals surface area contributed by atoms with Gasteiger partial charge in [0.25, 0.3) is 5.91 Å². The number of hydrogen-bond acceptors (Lipinski definition) is 4. The Morgan fingerprint density at radius 2 is 1.92 bits per heavy atom. The molecular weight excluding hydrogens is 328 g/mol. The monoisotopic (exact) mass is 354 g/mol. The predicted molar refractivity (Wildman–Crippen MR) is 99.9 cm³/mol. The first-order chi connectivity index (χ1) is 12.5. The zero-order valence-corrected chi connectivity index (χ0v) is 15.5. The zero-order valence-electron chi connectivity index (χ0n) is 15.5. The van der Waals surface area contributed by atoms with Gasteiger partial charge in [-0.15, -0.1) is 0 Å². The second kappa shape index (κ2) is 9.76. The number of carbonyl (C=O) groups excluding carboxylic acids is 2. The van der Waals surface area contributed by atoms with E-state index in [1.807, 2.05) is 37.3 Å². The van der Waals surface area contributed by atoms with Gasteiger partial charge >= 0.3 is 5.97 Å². The molecule has 1 atom stereocenters. The highest BCUT2D eigenvalue weighted by atomic mass is 16.5. The predicted octanol–water partition coefficient (Wildman–Crippen LogP) is 3.53. The average molecular weight is 354 g/mol. The maximum absolute atomic E-state index is 12.2. The first kappa shape index (κ1) is 19.7. The van der Waals surface area contributed by atoms with Gasteiger partial charge < -0.3 is 10.1 Å². The van der Waals surface area contributed by atoms with Crippen molar-refractivity contribution < 1.29 is 14.3 Å². The van der Waals surface area contributed by atoms with Gasteiger partial charge in [0, 0.05) is 6.54 Å². The van der Waals surface area contributed by atoms with E-state index >= 15 is 0 Å². The number of nitrogens with one attached hydrogen (secondary N) is 1. The standard InChI is InChI=1S/C21H26N2O3/c1-15-8-10-17(11-9-15)12-19(13-22)21(25)26-16(2)20(24)23-14-18-6-4-3-5-7-18/h8-12,16,18H,3-7,14H2,1-2H3,(H,23,24)/b19-12+/t16-/m1/s1. The van der Waals surface area contributed by atoms with Crippen molar-refractivity contribution in [2.45, 2.75) is 52.1 Å². The van der Waals surface area contributed by atoms with Crippen LogP contribution in [0.1, 0.15) is 50.2 Å². The van der Waals surface area contributed by atoms with Gasteiger partial charge in [-0.3, -0.25) is 4.79 Å². The van der Waals surface area contributed by atoms with Crippen LogP contribution in [-0.2, 0) is 14.3 Å². The molecule has 1 amide bonds. The van der Waals surface area contributed by atoms with Crippen molar-refractivity contribution in [3.05, 3.63) is 41.0 Å². The first-order valence-electron chi connectivity index (χ1n) is 9.16. The third-order valence-electron chi connectivity index (χ3n) is 4.67. The van der Waals surface area contributed by atoms with E-state index in [0.717, 1.165) is 24.0 Å². The van der Waals surface area contributed by atoms with Crippen LogP contribution in [-0.4, -0.2) is 24.5 Å². The van der Waals surface area contributed by atoms with Crippen LogP contribution in [0, 0.1) is 24.2 Å². The van der Waals surface area contributed by atoms with Gasteiger partial charge in [0.15, 0.2) is 6.10 Å². The van der Waals surface area contributed by atoms with Crippen LogP contribution in [0.3, 0.4) is 0 Å². The zero-order chi connectivity index (χ0) is 18.9. The molecule has 1 aromatic carbocycles. The molecule has 1 N–H and O–H groups in total. The second-order valence-corrected chi connectivity index (χ2v) is 6.88. The fourth-order valence-corrected chi connectivity index (χ4v) is 3.02. The molecule has 5 nitrogen and oxygen atoms in total. The summed E-state index contributed by atoms with van der Waals surface area (Å²) in [6.45, 7) is 4.10. The summed E-state index contributed by atoms with van der Waals surface area (Å²) in [5.74, 6) is -0.600. The topological polar surface area (TPSA) is 79.2 Å². The van der Waals surface area contributed by atoms with Gasteiger partial charge in [-0.25, -0.2) is 4.79 Å². The summed E-state index contributed by atoms with van der Waals surface area (Å²) in [6, 6.07) is 9.28. The van der Waals surface area contributed by atoms with E-state index in [1.54, 1.807) is 0 Å². The lowest BCUT2D eigenvalue weighted by atomic mass is 9.89. The maximum Gasteiger partial charge on any atom is 0.349 e. The largest absolute Gasteiger partial charge is 0.448 e. The molecule has 0 radical (unpaired) electrons. The van der Waals surface area contributed by atoms with Crippen molar-refractivity contribution in [3.63, 3.8) is 0 Å². The summed E-state index contributed by atoms with van der Waals surface area (Å²) < 4.78 is 5.16. The summed E-state index contributed by atoms with van der Waals surface area (Å²) in [5, 5.41) is 12.1. The van der Waals surface area contributed by atoms with Crippen molar-refractivity contribution in [2.24, 2.45) is 5.92 Å². The van der Waals surface area contributed by atoms with Crippen LogP contribution in [0.4, 0.5) is 0 Å². The Morgan fingerprint density at radius 1 is 1.27 bits per heavy atom. The third kappa shape index (κ3) is 6.03. The van der Waals surface area contributed by atoms with Crippen LogP contribution < -0.4 is 5.32 Å². The molecule has 1 saturated carbocycles. The highest BCUT2D eigenvalue weighted by Crippen LogP contribution is 2.22. The summed E-state index contributed by atoms with van der Waals surface area (Å²) in [7, 11) is 0. The first-order valence-corrected chi connectivity index (χ1v) is 9.16. The number of carbonyl (C=O) groups is 2. The third-order valence-corrected chi connectivity index (χ3v) is 4.67. The van der Waals surface area contributed by atoms with E-state index in [1.165, 1.54) is 32.3 Å². The molecule has 0 saturated heterocycles. The summed E-state index contributed by atoms with van der Waals surface area (Å²) >= 11 is 0. The fourth-order valence-electron chi connectivity index (χ4n) is 3.02. The number of esters is 1. The Hall–Kier alpha value is -2.61. The Morgan fingerprint density at radius 3 is 2.54 bits per heavy atom. The molecule has 0 unspecified atom stereocenters. The van der Waals surface area contributed by atoms with E-state index in [0.29, 0.717) is 12.5 Å². The molecule has 0 heterocycles. The molecular formula is C21H26N2O3. The number of benzene rings is 1. The highest BCUT2D eigenvalue weighted by molar-refractivity contribution is 5.99. The van der Waals surface area contributed by atoms with Crippen LogP contribution in [0.15, 0.2) is 29.8 Å². The molecule has 0 aliphatic heterocycles. The van der Waals surface area contributed by atoms with E-state index in [2.05, 4.69) is 5.32 Å². The van der Waals surface area contributed by atoms with E-state index in [4.69, 9.17) is 4.74 Å². The van der Waals surface area contributed by atoms with Crippen molar-refractivity contribution in [1.82, 2.24) is 5.32 Å². The van der Waals surface area contributed by atoms with E-state index in [-0.39, 0.29) is 11.5 Å². The molecule has 0 aromatic heterocycles. The molecule has 1 aromatic rings. The lowest BCUT2D eigenvalue weighted by molar-refractivity contribution is -0.150. The molecule has 5 heteroatoms. The fraction of sp³-hybridized carbons (Fsp3) is 0.476. The van der Waals surface area contributed by atoms with Crippen LogP contribution >= 0.6 is 0 Å². The van der Waals surface area contributed by atoms with Gasteiger partial charge in [0.2, 0.25) is 0 Å². The minimum atomic E-state index is -0.930. The van der Waals surface area contributed by atoms with E-state index < -0.39 is 12.1 Å². The molecule has 1 fully saturated rings. The molecule has 0 spiro atoms. The smallest absolute Gasteiger partial charge is 0.349 e. The Kier molecular flexibility index (Phi) is 7.40. The highest BCUT2D eigenvalue weighted by Gasteiger charge is 2.22. The number of hydrogen-bond donors (Lipinski definition) is 1. The van der Waals surface area contributed by atoms with Crippen molar-refractivity contribution in [2.75, 3.05) is 6.54 Å². The summed E-state index contributed by atoms with van der Waals surface area (Å²) in [5.41, 5.74) is 1.70. The SMILES string of the molecule is Cc1ccc(/C=C(\C#N)C(=O)O[C@H](C)C(=O)NCC2CCCCC2)cc1. The minimum absolute atomic E-state index is 0.124. The summed E-state index contributed by atoms with van der Waals surface area (Å²) in [6.07, 6.45) is 6.48. The average Bonchev–Trinajstić information content (AvgIpc) is 2.66. The number of ether oxygens (including phenoxy) is 1. The van der Waals surface area contributed by atoms with Gasteiger partial charge in [-0.2, -0.15) is 5.26 Å². The van der Waals surface area contributed by atoms with Gasteiger partial charge in [-0.1, -0.05) is 49.1 Å². The Balaban J connectivity index is 1.88. The molecule has 1 aliphatic rings. The van der Waals surface area contributed by atoms with Gasteiger partial charge in [0.1, 0.15) is 11.6 Å². The Labute approximate surface area is 155 Å². The second-order valence-electron chi connectivity index (χ2n) is 6.88. The van der Waals surface area contributed by atoms with E-state index in [9.17, 15) is 14.9 Å². The molecule has 0 bridgehead atoms. The number of amides is 1. The molecule has 1 aliphatic carbocycles. The Bertz CT molecular complexity index is 695. The lowest BCUT2D eigenvalue weighted by Crippen LogP contribution is -2.38. The lowest BCUT2D eigenvalue weighted by Gasteiger charge is -2.22. The van der Waals surface area contributed by atoms with Crippen LogP contribution in [0.25, 0.3) is 6.08 Å². The quantitative estimate of drug-likeness (QED) is 0.481. The number of rotatable bonds is 6. The molecule has 138 valence electrons. The number of nitriles is 1. The van der Waals surface area contributed by atoms with Crippen molar-refractivity contribution >= 4 is 18.0 Å². The van der Waals surface area contributed by atoms with Crippen molar-refractivity contribution in [3.8, 4) is 6.07 Å².